The smallest absolute Gasteiger partial charge is 0.251 e. The molecule has 2 N–H and O–H groups in total. The van der Waals surface area contributed by atoms with Crippen molar-refractivity contribution in [2.24, 2.45) is 0 Å². The van der Waals surface area contributed by atoms with Gasteiger partial charge in [-0.3, -0.25) is 9.59 Å². The zero-order valence-electron chi connectivity index (χ0n) is 14.4. The van der Waals surface area contributed by atoms with Crippen molar-refractivity contribution in [3.63, 3.8) is 0 Å². The highest BCUT2D eigenvalue weighted by Gasteiger charge is 2.12. The van der Waals surface area contributed by atoms with Gasteiger partial charge >= 0.3 is 0 Å². The average molecular weight is 343 g/mol. The zero-order valence-corrected chi connectivity index (χ0v) is 14.4. The second-order valence-corrected chi connectivity index (χ2v) is 5.48. The van der Waals surface area contributed by atoms with Crippen molar-refractivity contribution in [1.29, 1.82) is 0 Å². The number of hydrogen-bond acceptors (Lipinski definition) is 3. The summed E-state index contributed by atoms with van der Waals surface area (Å²) in [5, 5.41) is 5.49. The standard InChI is InChI=1S/C19H22FN3O2/c1-3-21-19(25)14-7-5-9-16(11-14)22-18(24)13-23(4-2)17-10-6-8-15(20)12-17/h5-12H,3-4,13H2,1-2H3,(H,21,25)(H,22,24). The molecule has 2 aromatic carbocycles. The second kappa shape index (κ2) is 8.82. The van der Waals surface area contributed by atoms with Crippen LogP contribution in [0.3, 0.4) is 0 Å². The van der Waals surface area contributed by atoms with Crippen molar-refractivity contribution in [2.45, 2.75) is 13.8 Å². The highest BCUT2D eigenvalue weighted by molar-refractivity contribution is 5.98. The third-order valence-electron chi connectivity index (χ3n) is 3.64. The van der Waals surface area contributed by atoms with Crippen LogP contribution in [0.25, 0.3) is 0 Å². The fraction of sp³-hybridized carbons (Fsp3) is 0.263. The summed E-state index contributed by atoms with van der Waals surface area (Å²) in [5.74, 6) is -0.765. The van der Waals surface area contributed by atoms with Gasteiger partial charge in [-0.05, 0) is 50.2 Å². The van der Waals surface area contributed by atoms with Gasteiger partial charge in [-0.1, -0.05) is 12.1 Å². The minimum atomic E-state index is -0.342. The van der Waals surface area contributed by atoms with Crippen molar-refractivity contribution < 1.29 is 14.0 Å². The number of halogens is 1. The van der Waals surface area contributed by atoms with E-state index < -0.39 is 0 Å². The first kappa shape index (κ1) is 18.4. The van der Waals surface area contributed by atoms with E-state index in [-0.39, 0.29) is 24.2 Å². The maximum atomic E-state index is 13.4. The van der Waals surface area contributed by atoms with Gasteiger partial charge in [-0.2, -0.15) is 0 Å². The molecule has 0 saturated carbocycles. The molecule has 0 aliphatic rings. The predicted molar refractivity (Wildman–Crippen MR) is 97.4 cm³/mol. The van der Waals surface area contributed by atoms with Crippen molar-refractivity contribution in [2.75, 3.05) is 29.9 Å². The predicted octanol–water partition coefficient (Wildman–Crippen LogP) is 3.04. The number of anilines is 2. The van der Waals surface area contributed by atoms with Crippen LogP contribution < -0.4 is 15.5 Å². The van der Waals surface area contributed by atoms with Gasteiger partial charge in [-0.15, -0.1) is 0 Å². The topological polar surface area (TPSA) is 61.4 Å². The molecule has 0 bridgehead atoms. The van der Waals surface area contributed by atoms with Crippen molar-refractivity contribution in [3.8, 4) is 0 Å². The lowest BCUT2D eigenvalue weighted by Crippen LogP contribution is -2.33. The first-order valence-electron chi connectivity index (χ1n) is 8.22. The summed E-state index contributed by atoms with van der Waals surface area (Å²) in [7, 11) is 0. The van der Waals surface area contributed by atoms with Gasteiger partial charge < -0.3 is 15.5 Å². The lowest BCUT2D eigenvalue weighted by molar-refractivity contribution is -0.115. The molecule has 0 aliphatic heterocycles. The Morgan fingerprint density at radius 1 is 1.08 bits per heavy atom. The lowest BCUT2D eigenvalue weighted by atomic mass is 10.2. The molecule has 0 fully saturated rings. The number of hydrogen-bond donors (Lipinski definition) is 2. The van der Waals surface area contributed by atoms with Crippen LogP contribution in [0.5, 0.6) is 0 Å². The van der Waals surface area contributed by atoms with E-state index in [1.54, 1.807) is 41.3 Å². The molecule has 0 unspecified atom stereocenters. The molecule has 25 heavy (non-hydrogen) atoms. The third kappa shape index (κ3) is 5.31. The van der Waals surface area contributed by atoms with Crippen LogP contribution in [-0.4, -0.2) is 31.4 Å². The minimum absolute atomic E-state index is 0.0886. The number of carbonyl (C=O) groups excluding carboxylic acids is 2. The molecule has 0 aliphatic carbocycles. The molecule has 2 aromatic rings. The SMILES string of the molecule is CCNC(=O)c1cccc(NC(=O)CN(CC)c2cccc(F)c2)c1. The minimum Gasteiger partial charge on any atom is -0.362 e. The Labute approximate surface area is 146 Å². The summed E-state index contributed by atoms with van der Waals surface area (Å²) in [6, 6.07) is 12.9. The molecule has 0 aromatic heterocycles. The molecule has 0 radical (unpaired) electrons. The van der Waals surface area contributed by atoms with Crippen molar-refractivity contribution >= 4 is 23.2 Å². The van der Waals surface area contributed by atoms with Crippen LogP contribution in [0.4, 0.5) is 15.8 Å². The number of nitrogens with one attached hydrogen (secondary N) is 2. The molecular weight excluding hydrogens is 321 g/mol. The summed E-state index contributed by atoms with van der Waals surface area (Å²) >= 11 is 0. The zero-order chi connectivity index (χ0) is 18.2. The summed E-state index contributed by atoms with van der Waals surface area (Å²) in [4.78, 5) is 25.9. The maximum absolute atomic E-state index is 13.4. The van der Waals surface area contributed by atoms with Crippen LogP contribution in [0, 0.1) is 5.82 Å². The second-order valence-electron chi connectivity index (χ2n) is 5.48. The van der Waals surface area contributed by atoms with E-state index >= 15 is 0 Å². The lowest BCUT2D eigenvalue weighted by Gasteiger charge is -2.22. The van der Waals surface area contributed by atoms with E-state index in [2.05, 4.69) is 10.6 Å². The average Bonchev–Trinajstić information content (AvgIpc) is 2.60. The third-order valence-corrected chi connectivity index (χ3v) is 3.64. The quantitative estimate of drug-likeness (QED) is 0.812. The van der Waals surface area contributed by atoms with E-state index in [1.807, 2.05) is 13.8 Å². The summed E-state index contributed by atoms with van der Waals surface area (Å²) in [6.07, 6.45) is 0. The van der Waals surface area contributed by atoms with E-state index in [0.717, 1.165) is 0 Å². The first-order chi connectivity index (χ1) is 12.0. The number of nitrogens with zero attached hydrogens (tertiary/aromatic N) is 1. The Kier molecular flexibility index (Phi) is 6.51. The van der Waals surface area contributed by atoms with E-state index in [0.29, 0.717) is 30.0 Å². The maximum Gasteiger partial charge on any atom is 0.251 e. The van der Waals surface area contributed by atoms with Gasteiger partial charge in [0.2, 0.25) is 5.91 Å². The number of amides is 2. The normalized spacial score (nSPS) is 10.2. The Morgan fingerprint density at radius 2 is 1.84 bits per heavy atom. The van der Waals surface area contributed by atoms with Crippen LogP contribution in [0.1, 0.15) is 24.2 Å². The van der Waals surface area contributed by atoms with Gasteiger partial charge in [0.1, 0.15) is 5.82 Å². The molecule has 5 nitrogen and oxygen atoms in total. The first-order valence-corrected chi connectivity index (χ1v) is 8.22. The Hall–Kier alpha value is -2.89. The Morgan fingerprint density at radius 3 is 2.52 bits per heavy atom. The van der Waals surface area contributed by atoms with E-state index in [1.165, 1.54) is 12.1 Å². The van der Waals surface area contributed by atoms with Crippen LogP contribution in [-0.2, 0) is 4.79 Å². The monoisotopic (exact) mass is 343 g/mol. The fourth-order valence-electron chi connectivity index (χ4n) is 2.43. The van der Waals surface area contributed by atoms with Gasteiger partial charge in [0, 0.05) is 30.0 Å². The van der Waals surface area contributed by atoms with Gasteiger partial charge in [-0.25, -0.2) is 4.39 Å². The van der Waals surface area contributed by atoms with E-state index in [9.17, 15) is 14.0 Å². The van der Waals surface area contributed by atoms with E-state index in [4.69, 9.17) is 0 Å². The van der Waals surface area contributed by atoms with Crippen molar-refractivity contribution in [3.05, 3.63) is 59.9 Å². The molecular formula is C19H22FN3O2. The van der Waals surface area contributed by atoms with Gasteiger partial charge in [0.15, 0.2) is 0 Å². The molecule has 0 spiro atoms. The highest BCUT2D eigenvalue weighted by Crippen LogP contribution is 2.16. The van der Waals surface area contributed by atoms with Crippen LogP contribution >= 0.6 is 0 Å². The van der Waals surface area contributed by atoms with Crippen LogP contribution in [0.15, 0.2) is 48.5 Å². The Balaban J connectivity index is 2.04. The molecule has 0 saturated heterocycles. The number of benzene rings is 2. The van der Waals surface area contributed by atoms with Gasteiger partial charge in [0.05, 0.1) is 6.54 Å². The number of likely N-dealkylation sites (N-methyl/N-ethyl adjacent to an activating group) is 1. The Bertz CT molecular complexity index is 749. The number of carbonyl (C=O) groups is 2. The van der Waals surface area contributed by atoms with Crippen molar-refractivity contribution in [1.82, 2.24) is 5.32 Å². The highest BCUT2D eigenvalue weighted by atomic mass is 19.1. The molecule has 0 atom stereocenters. The molecule has 6 heteroatoms. The van der Waals surface area contributed by atoms with Gasteiger partial charge in [0.25, 0.3) is 5.91 Å². The fourth-order valence-corrected chi connectivity index (χ4v) is 2.43. The summed E-state index contributed by atoms with van der Waals surface area (Å²) in [5.41, 5.74) is 1.68. The molecule has 132 valence electrons. The summed E-state index contributed by atoms with van der Waals surface area (Å²) < 4.78 is 13.4. The molecule has 0 heterocycles. The molecule has 2 rings (SSSR count). The van der Waals surface area contributed by atoms with Crippen LogP contribution in [0.2, 0.25) is 0 Å². The summed E-state index contributed by atoms with van der Waals surface area (Å²) in [6.45, 7) is 4.93. The largest absolute Gasteiger partial charge is 0.362 e. The molecule has 2 amide bonds. The number of rotatable bonds is 7.